The van der Waals surface area contributed by atoms with Crippen molar-refractivity contribution >= 4 is 27.3 Å². The van der Waals surface area contributed by atoms with Gasteiger partial charge in [0.2, 0.25) is 0 Å². The van der Waals surface area contributed by atoms with Gasteiger partial charge in [0, 0.05) is 10.3 Å². The molecule has 4 rings (SSSR count). The molecule has 1 aromatic carbocycles. The van der Waals surface area contributed by atoms with Gasteiger partial charge in [-0.15, -0.1) is 11.3 Å². The standard InChI is InChI=1S/C11H13F3.C8H11BrO.C8H12O.C8H12S.C2H6/c1-10(2,3)8-5-4-6-9(7-8)11(12,13)14;1-8(2,3)6-4-5-7(9)10-6;1-8(2,3)7-4-5-9-6-7;1-8(2,3)7-5-4-6-9-7;1-2/h4-7H,1-3H3;4-5H,1-3H3;2*4-6H,1-3H3;1-2H3. The molecule has 0 aliphatic heterocycles. The van der Waals surface area contributed by atoms with Gasteiger partial charge in [0.1, 0.15) is 5.76 Å². The molecular weight excluding hydrogens is 645 g/mol. The third kappa shape index (κ3) is 16.2. The molecule has 0 bridgehead atoms. The van der Waals surface area contributed by atoms with Crippen molar-refractivity contribution < 1.29 is 22.0 Å². The fourth-order valence-electron chi connectivity index (χ4n) is 3.28. The average Bonchev–Trinajstić information content (AvgIpc) is 3.67. The monoisotopic (exact) mass is 698 g/mol. The molecular formula is C37H54BrF3O2S. The molecule has 0 amide bonds. The third-order valence-electron chi connectivity index (χ3n) is 6.02. The highest BCUT2D eigenvalue weighted by Crippen LogP contribution is 2.32. The van der Waals surface area contributed by atoms with E-state index in [1.807, 2.05) is 64.2 Å². The number of hydrogen-bond acceptors (Lipinski definition) is 3. The summed E-state index contributed by atoms with van der Waals surface area (Å²) in [5.41, 5.74) is 1.81. The molecule has 0 atom stereocenters. The van der Waals surface area contributed by atoms with E-state index in [2.05, 4.69) is 95.8 Å². The highest BCUT2D eigenvalue weighted by Gasteiger charge is 2.31. The second-order valence-electron chi connectivity index (χ2n) is 14.2. The van der Waals surface area contributed by atoms with Crippen LogP contribution in [0.3, 0.4) is 0 Å². The van der Waals surface area contributed by atoms with Gasteiger partial charge in [0.05, 0.1) is 18.1 Å². The van der Waals surface area contributed by atoms with E-state index in [0.717, 1.165) is 16.5 Å². The Bertz CT molecular complexity index is 1220. The Morgan fingerprint density at radius 1 is 0.614 bits per heavy atom. The van der Waals surface area contributed by atoms with E-state index in [1.54, 1.807) is 18.6 Å². The van der Waals surface area contributed by atoms with Crippen LogP contribution in [0.5, 0.6) is 0 Å². The summed E-state index contributed by atoms with van der Waals surface area (Å²) >= 11 is 5.09. The molecule has 0 saturated carbocycles. The van der Waals surface area contributed by atoms with Gasteiger partial charge in [-0.1, -0.05) is 121 Å². The maximum Gasteiger partial charge on any atom is 0.416 e. The van der Waals surface area contributed by atoms with E-state index in [-0.39, 0.29) is 16.2 Å². The molecule has 44 heavy (non-hydrogen) atoms. The zero-order valence-corrected chi connectivity index (χ0v) is 31.6. The highest BCUT2D eigenvalue weighted by atomic mass is 79.9. The number of alkyl halides is 3. The van der Waals surface area contributed by atoms with Crippen LogP contribution in [0.4, 0.5) is 13.2 Å². The Morgan fingerprint density at radius 2 is 1.16 bits per heavy atom. The molecule has 0 aliphatic rings. The van der Waals surface area contributed by atoms with Gasteiger partial charge in [-0.3, -0.25) is 0 Å². The van der Waals surface area contributed by atoms with Crippen LogP contribution >= 0.6 is 27.3 Å². The summed E-state index contributed by atoms with van der Waals surface area (Å²) < 4.78 is 48.2. The smallest absolute Gasteiger partial charge is 0.416 e. The second kappa shape index (κ2) is 17.4. The quantitative estimate of drug-likeness (QED) is 0.183. The normalized spacial score (nSPS) is 11.9. The summed E-state index contributed by atoms with van der Waals surface area (Å²) in [6, 6.07) is 15.7. The Kier molecular flexibility index (Phi) is 16.6. The predicted octanol–water partition coefficient (Wildman–Crippen LogP) is 14.0. The highest BCUT2D eigenvalue weighted by molar-refractivity contribution is 9.10. The summed E-state index contributed by atoms with van der Waals surface area (Å²) in [6.45, 7) is 29.2. The molecule has 0 aliphatic carbocycles. The molecule has 0 saturated heterocycles. The van der Waals surface area contributed by atoms with Crippen molar-refractivity contribution in [1.82, 2.24) is 0 Å². The maximum absolute atomic E-state index is 12.4. The van der Waals surface area contributed by atoms with Crippen molar-refractivity contribution in [1.29, 1.82) is 0 Å². The van der Waals surface area contributed by atoms with Crippen molar-refractivity contribution in [3.8, 4) is 0 Å². The fraction of sp³-hybridized carbons (Fsp3) is 0.514. The number of benzene rings is 1. The summed E-state index contributed by atoms with van der Waals surface area (Å²) in [4.78, 5) is 1.46. The Balaban J connectivity index is 0.000000559. The SMILES string of the molecule is CC.CC(C)(C)c1ccc(Br)o1.CC(C)(C)c1cccc(C(F)(F)F)c1.CC(C)(C)c1cccs1.CC(C)(C)c1ccoc1. The zero-order chi connectivity index (χ0) is 34.6. The minimum absolute atomic E-state index is 0.117. The van der Waals surface area contributed by atoms with Crippen LogP contribution in [0.2, 0.25) is 0 Å². The van der Waals surface area contributed by atoms with Crippen molar-refractivity contribution in [3.63, 3.8) is 0 Å². The first-order valence-corrected chi connectivity index (χ1v) is 16.6. The summed E-state index contributed by atoms with van der Waals surface area (Å²) in [5, 5.41) is 2.13. The first kappa shape index (κ1) is 41.8. The third-order valence-corrected chi connectivity index (χ3v) is 7.74. The lowest BCUT2D eigenvalue weighted by Crippen LogP contribution is -2.13. The van der Waals surface area contributed by atoms with Gasteiger partial charge in [-0.25, -0.2) is 0 Å². The number of rotatable bonds is 0. The molecule has 2 nitrogen and oxygen atoms in total. The van der Waals surface area contributed by atoms with Crippen molar-refractivity contribution in [3.05, 3.63) is 105 Å². The Hall–Kier alpha value is -2.25. The van der Waals surface area contributed by atoms with Crippen LogP contribution in [0.15, 0.2) is 86.0 Å². The molecule has 0 spiro atoms. The Labute approximate surface area is 277 Å². The lowest BCUT2D eigenvalue weighted by atomic mass is 9.86. The van der Waals surface area contributed by atoms with E-state index in [1.165, 1.54) is 22.6 Å². The van der Waals surface area contributed by atoms with Crippen molar-refractivity contribution in [2.75, 3.05) is 0 Å². The molecule has 248 valence electrons. The van der Waals surface area contributed by atoms with E-state index in [0.29, 0.717) is 11.0 Å². The average molecular weight is 700 g/mol. The maximum atomic E-state index is 12.4. The fourth-order valence-corrected chi connectivity index (χ4v) is 4.40. The number of halogens is 4. The van der Waals surface area contributed by atoms with E-state index in [4.69, 9.17) is 8.83 Å². The van der Waals surface area contributed by atoms with Gasteiger partial charge < -0.3 is 8.83 Å². The van der Waals surface area contributed by atoms with Crippen LogP contribution in [0.25, 0.3) is 0 Å². The van der Waals surface area contributed by atoms with Gasteiger partial charge in [-0.05, 0) is 79.0 Å². The van der Waals surface area contributed by atoms with Gasteiger partial charge in [-0.2, -0.15) is 13.2 Å². The zero-order valence-electron chi connectivity index (χ0n) is 29.2. The summed E-state index contributed by atoms with van der Waals surface area (Å²) in [7, 11) is 0. The van der Waals surface area contributed by atoms with Gasteiger partial charge in [0.25, 0.3) is 0 Å². The molecule has 0 fully saturated rings. The molecule has 3 aromatic heterocycles. The van der Waals surface area contributed by atoms with Gasteiger partial charge in [0.15, 0.2) is 4.67 Å². The first-order valence-electron chi connectivity index (χ1n) is 14.9. The Morgan fingerprint density at radius 3 is 1.43 bits per heavy atom. The molecule has 7 heteroatoms. The van der Waals surface area contributed by atoms with Crippen LogP contribution in [-0.4, -0.2) is 0 Å². The minimum atomic E-state index is -4.25. The molecule has 3 heterocycles. The molecule has 0 radical (unpaired) electrons. The van der Waals surface area contributed by atoms with Crippen LogP contribution in [0.1, 0.15) is 124 Å². The summed E-state index contributed by atoms with van der Waals surface area (Å²) in [5.74, 6) is 1.01. The number of furan rings is 2. The first-order chi connectivity index (χ1) is 19.9. The van der Waals surface area contributed by atoms with Crippen LogP contribution in [-0.2, 0) is 27.8 Å². The largest absolute Gasteiger partial charge is 0.472 e. The lowest BCUT2D eigenvalue weighted by Gasteiger charge is -2.20. The predicted molar refractivity (Wildman–Crippen MR) is 187 cm³/mol. The molecule has 4 aromatic rings. The van der Waals surface area contributed by atoms with Crippen LogP contribution in [0, 0.1) is 0 Å². The molecule has 0 N–H and O–H groups in total. The van der Waals surface area contributed by atoms with E-state index >= 15 is 0 Å². The number of thiophene rings is 1. The van der Waals surface area contributed by atoms with Crippen molar-refractivity contribution in [2.24, 2.45) is 0 Å². The summed E-state index contributed by atoms with van der Waals surface area (Å²) in [6.07, 6.45) is -0.748. The van der Waals surface area contributed by atoms with Gasteiger partial charge >= 0.3 is 6.18 Å². The molecule has 0 unspecified atom stereocenters. The van der Waals surface area contributed by atoms with Crippen LogP contribution < -0.4 is 0 Å². The number of hydrogen-bond donors (Lipinski definition) is 0. The lowest BCUT2D eigenvalue weighted by molar-refractivity contribution is -0.137. The minimum Gasteiger partial charge on any atom is -0.472 e. The van der Waals surface area contributed by atoms with E-state index < -0.39 is 11.7 Å². The second-order valence-corrected chi connectivity index (χ2v) is 15.9. The topological polar surface area (TPSA) is 26.3 Å². The van der Waals surface area contributed by atoms with Crippen molar-refractivity contribution in [2.45, 2.75) is 125 Å². The van der Waals surface area contributed by atoms with E-state index in [9.17, 15) is 13.2 Å².